The van der Waals surface area contributed by atoms with E-state index in [4.69, 9.17) is 0 Å². The molecule has 0 radical (unpaired) electrons. The molecule has 198 valence electrons. The molecule has 0 aromatic heterocycles. The van der Waals surface area contributed by atoms with Crippen LogP contribution in [0.15, 0.2) is 0 Å². The van der Waals surface area contributed by atoms with Crippen LogP contribution in [0.1, 0.15) is 174 Å². The second-order valence-corrected chi connectivity index (χ2v) is 19.1. The van der Waals surface area contributed by atoms with Crippen LogP contribution in [0.25, 0.3) is 0 Å². The number of rotatable bonds is 12. The highest BCUT2D eigenvalue weighted by Crippen LogP contribution is 2.73. The van der Waals surface area contributed by atoms with Crippen LogP contribution < -0.4 is 0 Å². The summed E-state index contributed by atoms with van der Waals surface area (Å²) in [7, 11) is 0.510. The first-order chi connectivity index (χ1) is 16.9. The summed E-state index contributed by atoms with van der Waals surface area (Å²) in [6, 6.07) is 0. The second-order valence-electron chi connectivity index (χ2n) is 12.7. The minimum atomic E-state index is 0.255. The summed E-state index contributed by atoms with van der Waals surface area (Å²) in [4.78, 5) is 0. The van der Waals surface area contributed by atoms with Crippen LogP contribution in [-0.2, 0) is 0 Å². The van der Waals surface area contributed by atoms with E-state index >= 15 is 0 Å². The van der Waals surface area contributed by atoms with Crippen molar-refractivity contribution in [3.63, 3.8) is 0 Å². The molecule has 0 spiro atoms. The van der Waals surface area contributed by atoms with Crippen LogP contribution in [0.3, 0.4) is 0 Å². The highest BCUT2D eigenvalue weighted by Gasteiger charge is 2.44. The number of unbranched alkanes of at least 4 members (excludes halogenated alkanes) is 4. The summed E-state index contributed by atoms with van der Waals surface area (Å²) in [6.45, 7) is 2.39. The SMILES string of the molecule is CCCCCCCC(P(C1CCCCC1)C1CCCCC1)P(C1CCCCC1)C1CCCCC1. The Kier molecular flexibility index (Phi) is 13.1. The monoisotopic (exact) mass is 506 g/mol. The minimum absolute atomic E-state index is 0.255. The predicted molar refractivity (Wildman–Crippen MR) is 158 cm³/mol. The fourth-order valence-corrected chi connectivity index (χ4v) is 19.9. The normalized spacial score (nSPS) is 25.1. The third-order valence-corrected chi connectivity index (χ3v) is 19.2. The lowest BCUT2D eigenvalue weighted by Gasteiger charge is -2.51. The molecule has 0 aliphatic heterocycles. The Balaban J connectivity index is 1.60. The highest BCUT2D eigenvalue weighted by molar-refractivity contribution is 7.77. The van der Waals surface area contributed by atoms with Crippen molar-refractivity contribution in [2.24, 2.45) is 0 Å². The Labute approximate surface area is 217 Å². The van der Waals surface area contributed by atoms with E-state index in [2.05, 4.69) is 6.92 Å². The summed E-state index contributed by atoms with van der Waals surface area (Å²) in [5.41, 5.74) is 4.68. The molecule has 0 bridgehead atoms. The molecule has 0 heterocycles. The molecule has 4 saturated carbocycles. The standard InChI is InChI=1S/C32H60P2/c1-2-3-4-5-18-27-32(33(28-19-10-6-11-20-28)29-21-12-7-13-22-29)34(30-23-14-8-15-24-30)31-25-16-9-17-26-31/h28-32H,2-27H2,1H3. The van der Waals surface area contributed by atoms with Crippen LogP contribution in [0.5, 0.6) is 0 Å². The minimum Gasteiger partial charge on any atom is -0.0927 e. The molecule has 0 unspecified atom stereocenters. The van der Waals surface area contributed by atoms with Gasteiger partial charge in [-0.15, -0.1) is 0 Å². The Morgan fingerprint density at radius 3 is 1.09 bits per heavy atom. The molecule has 0 aromatic rings. The van der Waals surface area contributed by atoms with Crippen molar-refractivity contribution < 1.29 is 0 Å². The molecule has 0 saturated heterocycles. The fourth-order valence-electron chi connectivity index (χ4n) is 8.47. The molecule has 4 rings (SSSR count). The van der Waals surface area contributed by atoms with Gasteiger partial charge in [0.05, 0.1) is 0 Å². The predicted octanol–water partition coefficient (Wildman–Crippen LogP) is 12.0. The van der Waals surface area contributed by atoms with E-state index in [1.807, 2.05) is 0 Å². The lowest BCUT2D eigenvalue weighted by Crippen LogP contribution is -2.32. The van der Waals surface area contributed by atoms with Crippen molar-refractivity contribution in [1.29, 1.82) is 0 Å². The van der Waals surface area contributed by atoms with Crippen LogP contribution in [-0.4, -0.2) is 28.0 Å². The summed E-state index contributed by atoms with van der Waals surface area (Å²) in [5, 5.41) is 1.21. The van der Waals surface area contributed by atoms with Crippen molar-refractivity contribution in [3.8, 4) is 0 Å². The average molecular weight is 507 g/mol. The van der Waals surface area contributed by atoms with Gasteiger partial charge in [0.2, 0.25) is 0 Å². The van der Waals surface area contributed by atoms with E-state index < -0.39 is 0 Å². The zero-order chi connectivity index (χ0) is 23.4. The summed E-state index contributed by atoms with van der Waals surface area (Å²) < 4.78 is 0. The van der Waals surface area contributed by atoms with Gasteiger partial charge in [-0.1, -0.05) is 132 Å². The summed E-state index contributed by atoms with van der Waals surface area (Å²) in [5.74, 6) is 0. The Bertz CT molecular complexity index is 433. The molecular weight excluding hydrogens is 446 g/mol. The van der Waals surface area contributed by atoms with Crippen LogP contribution >= 0.6 is 15.8 Å². The van der Waals surface area contributed by atoms with E-state index in [-0.39, 0.29) is 15.8 Å². The number of hydrogen-bond acceptors (Lipinski definition) is 0. The van der Waals surface area contributed by atoms with Gasteiger partial charge >= 0.3 is 0 Å². The zero-order valence-electron chi connectivity index (χ0n) is 23.2. The van der Waals surface area contributed by atoms with Gasteiger partial charge in [0.25, 0.3) is 0 Å². The van der Waals surface area contributed by atoms with E-state index in [0.29, 0.717) is 0 Å². The van der Waals surface area contributed by atoms with Crippen molar-refractivity contribution in [2.45, 2.75) is 202 Å². The quantitative estimate of drug-likeness (QED) is 0.182. The Morgan fingerprint density at radius 2 is 0.765 bits per heavy atom. The smallest absolute Gasteiger partial charge is 0.000410 e. The molecule has 0 N–H and O–H groups in total. The van der Waals surface area contributed by atoms with Crippen molar-refractivity contribution in [3.05, 3.63) is 0 Å². The molecule has 0 aromatic carbocycles. The maximum absolute atomic E-state index is 2.39. The highest BCUT2D eigenvalue weighted by atomic mass is 31.2. The van der Waals surface area contributed by atoms with Crippen LogP contribution in [0.2, 0.25) is 0 Å². The van der Waals surface area contributed by atoms with Crippen LogP contribution in [0.4, 0.5) is 0 Å². The van der Waals surface area contributed by atoms with Gasteiger partial charge in [-0.3, -0.25) is 0 Å². The zero-order valence-corrected chi connectivity index (χ0v) is 25.0. The Morgan fingerprint density at radius 1 is 0.441 bits per heavy atom. The average Bonchev–Trinajstić information content (AvgIpc) is 2.91. The van der Waals surface area contributed by atoms with Gasteiger partial charge < -0.3 is 0 Å². The first kappa shape index (κ1) is 27.9. The molecule has 2 heteroatoms. The first-order valence-electron chi connectivity index (χ1n) is 16.4. The van der Waals surface area contributed by atoms with E-state index in [1.165, 1.54) is 47.3 Å². The molecule has 0 amide bonds. The van der Waals surface area contributed by atoms with Gasteiger partial charge in [0.1, 0.15) is 0 Å². The first-order valence-corrected chi connectivity index (χ1v) is 19.5. The lowest BCUT2D eigenvalue weighted by atomic mass is 9.99. The van der Waals surface area contributed by atoms with Crippen LogP contribution in [0, 0.1) is 0 Å². The van der Waals surface area contributed by atoms with E-state index in [0.717, 1.165) is 0 Å². The summed E-state index contributed by atoms with van der Waals surface area (Å²) in [6.07, 6.45) is 41.0. The topological polar surface area (TPSA) is 0 Å². The molecule has 0 atom stereocenters. The summed E-state index contributed by atoms with van der Waals surface area (Å²) >= 11 is 0. The maximum Gasteiger partial charge on any atom is 0.000410 e. The van der Waals surface area contributed by atoms with E-state index in [9.17, 15) is 0 Å². The van der Waals surface area contributed by atoms with E-state index in [1.54, 1.807) is 148 Å². The number of hydrogen-bond donors (Lipinski definition) is 0. The lowest BCUT2D eigenvalue weighted by molar-refractivity contribution is 0.474. The molecule has 4 fully saturated rings. The van der Waals surface area contributed by atoms with Crippen molar-refractivity contribution in [1.82, 2.24) is 0 Å². The molecule has 34 heavy (non-hydrogen) atoms. The van der Waals surface area contributed by atoms with Gasteiger partial charge in [0, 0.05) is 5.40 Å². The van der Waals surface area contributed by atoms with Gasteiger partial charge in [-0.25, -0.2) is 0 Å². The second kappa shape index (κ2) is 16.0. The fraction of sp³-hybridized carbons (Fsp3) is 1.00. The van der Waals surface area contributed by atoms with Gasteiger partial charge in [-0.05, 0) is 80.4 Å². The van der Waals surface area contributed by atoms with Gasteiger partial charge in [-0.2, -0.15) is 0 Å². The van der Waals surface area contributed by atoms with Crippen molar-refractivity contribution >= 4 is 15.8 Å². The maximum atomic E-state index is 2.39. The van der Waals surface area contributed by atoms with Crippen molar-refractivity contribution in [2.75, 3.05) is 0 Å². The molecule has 4 aliphatic rings. The Hall–Kier alpha value is 0.860. The third-order valence-electron chi connectivity index (χ3n) is 10.2. The molecular formula is C32H60P2. The molecule has 0 nitrogen and oxygen atoms in total. The molecule has 4 aliphatic carbocycles. The largest absolute Gasteiger partial charge is 0.0927 e. The third kappa shape index (κ3) is 8.18. The van der Waals surface area contributed by atoms with Gasteiger partial charge in [0.15, 0.2) is 0 Å².